The van der Waals surface area contributed by atoms with Crippen molar-refractivity contribution in [2.24, 2.45) is 5.73 Å². The molecule has 0 saturated carbocycles. The Balaban J connectivity index is 2.94. The first-order chi connectivity index (χ1) is 5.63. The van der Waals surface area contributed by atoms with E-state index in [9.17, 15) is 10.2 Å². The van der Waals surface area contributed by atoms with Crippen LogP contribution in [0, 0.1) is 0 Å². The minimum absolute atomic E-state index is 0.0256. The molecule has 0 radical (unpaired) electrons. The maximum Gasteiger partial charge on any atom is 0.139 e. The van der Waals surface area contributed by atoms with E-state index in [2.05, 4.69) is 4.98 Å². The molecule has 0 bridgehead atoms. The van der Waals surface area contributed by atoms with E-state index in [4.69, 9.17) is 5.73 Å². The lowest BCUT2D eigenvalue weighted by Gasteiger charge is -2.14. The molecule has 2 atom stereocenters. The van der Waals surface area contributed by atoms with E-state index in [1.807, 2.05) is 0 Å². The Kier molecular flexibility index (Phi) is 2.62. The second-order valence-electron chi connectivity index (χ2n) is 2.71. The molecular weight excluding hydrogens is 156 g/mol. The predicted octanol–water partition coefficient (Wildman–Crippen LogP) is 0.168. The lowest BCUT2D eigenvalue weighted by atomic mass is 10.1. The average molecular weight is 168 g/mol. The topological polar surface area (TPSA) is 79.4 Å². The molecule has 4 nitrogen and oxygen atoms in total. The van der Waals surface area contributed by atoms with Crippen molar-refractivity contribution in [3.63, 3.8) is 0 Å². The number of hydrogen-bond acceptors (Lipinski definition) is 4. The fraction of sp³-hybridized carbons (Fsp3) is 0.375. The smallest absolute Gasteiger partial charge is 0.139 e. The van der Waals surface area contributed by atoms with Crippen molar-refractivity contribution in [1.29, 1.82) is 0 Å². The molecule has 1 rings (SSSR count). The number of pyridine rings is 1. The van der Waals surface area contributed by atoms with E-state index >= 15 is 0 Å². The molecule has 4 heteroatoms. The third-order valence-electron chi connectivity index (χ3n) is 1.59. The van der Waals surface area contributed by atoms with Gasteiger partial charge in [0.15, 0.2) is 0 Å². The van der Waals surface area contributed by atoms with Gasteiger partial charge in [-0.25, -0.2) is 0 Å². The van der Waals surface area contributed by atoms with Crippen LogP contribution in [0.15, 0.2) is 18.3 Å². The van der Waals surface area contributed by atoms with Crippen LogP contribution in [0.1, 0.15) is 18.7 Å². The standard InChI is InChI=1S/C8H12N2O2/c1-5(9)8(12)7-6(11)3-2-4-10-7/h2-5,8,11-12H,9H2,1H3/t5-,8-/m1/s1. The molecule has 66 valence electrons. The van der Waals surface area contributed by atoms with Crippen LogP contribution < -0.4 is 5.73 Å². The highest BCUT2D eigenvalue weighted by atomic mass is 16.3. The molecule has 0 fully saturated rings. The molecule has 1 heterocycles. The van der Waals surface area contributed by atoms with Crippen molar-refractivity contribution in [3.05, 3.63) is 24.0 Å². The van der Waals surface area contributed by atoms with Crippen LogP contribution in [-0.2, 0) is 0 Å². The summed E-state index contributed by atoms with van der Waals surface area (Å²) in [6, 6.07) is 2.62. The number of aromatic nitrogens is 1. The van der Waals surface area contributed by atoms with Crippen molar-refractivity contribution in [3.8, 4) is 5.75 Å². The Bertz CT molecular complexity index is 263. The highest BCUT2D eigenvalue weighted by Gasteiger charge is 2.16. The highest BCUT2D eigenvalue weighted by Crippen LogP contribution is 2.22. The van der Waals surface area contributed by atoms with Gasteiger partial charge in [0.1, 0.15) is 17.5 Å². The van der Waals surface area contributed by atoms with Crippen LogP contribution in [0.5, 0.6) is 5.75 Å². The molecule has 0 unspecified atom stereocenters. The predicted molar refractivity (Wildman–Crippen MR) is 44.5 cm³/mol. The van der Waals surface area contributed by atoms with Gasteiger partial charge in [0.25, 0.3) is 0 Å². The Hall–Kier alpha value is -1.13. The average Bonchev–Trinajstić information content (AvgIpc) is 2.04. The van der Waals surface area contributed by atoms with Gasteiger partial charge in [-0.15, -0.1) is 0 Å². The molecule has 0 spiro atoms. The summed E-state index contributed by atoms with van der Waals surface area (Å²) in [5.74, 6) is -0.0256. The van der Waals surface area contributed by atoms with Crippen molar-refractivity contribution in [2.45, 2.75) is 19.1 Å². The zero-order chi connectivity index (χ0) is 9.14. The summed E-state index contributed by atoms with van der Waals surface area (Å²) in [5.41, 5.74) is 5.66. The first kappa shape index (κ1) is 8.96. The first-order valence-corrected chi connectivity index (χ1v) is 3.70. The van der Waals surface area contributed by atoms with E-state index in [1.165, 1.54) is 12.3 Å². The van der Waals surface area contributed by atoms with E-state index in [0.717, 1.165) is 0 Å². The van der Waals surface area contributed by atoms with Gasteiger partial charge in [-0.05, 0) is 19.1 Å². The highest BCUT2D eigenvalue weighted by molar-refractivity contribution is 5.27. The Morgan fingerprint density at radius 1 is 1.58 bits per heavy atom. The van der Waals surface area contributed by atoms with Gasteiger partial charge < -0.3 is 15.9 Å². The van der Waals surface area contributed by atoms with Crippen LogP contribution in [0.4, 0.5) is 0 Å². The number of aliphatic hydroxyl groups excluding tert-OH is 1. The van der Waals surface area contributed by atoms with Crippen molar-refractivity contribution >= 4 is 0 Å². The van der Waals surface area contributed by atoms with E-state index < -0.39 is 12.1 Å². The maximum atomic E-state index is 9.43. The summed E-state index contributed by atoms with van der Waals surface area (Å²) >= 11 is 0. The number of aliphatic hydroxyl groups is 1. The fourth-order valence-corrected chi connectivity index (χ4v) is 0.886. The third kappa shape index (κ3) is 1.72. The molecule has 1 aromatic rings. The lowest BCUT2D eigenvalue weighted by Crippen LogP contribution is -2.25. The summed E-state index contributed by atoms with van der Waals surface area (Å²) < 4.78 is 0. The molecule has 4 N–H and O–H groups in total. The first-order valence-electron chi connectivity index (χ1n) is 3.70. The van der Waals surface area contributed by atoms with Crippen molar-refractivity contribution in [1.82, 2.24) is 4.98 Å². The minimum atomic E-state index is -0.911. The number of aromatic hydroxyl groups is 1. The summed E-state index contributed by atoms with van der Waals surface area (Å²) in [7, 11) is 0. The van der Waals surface area contributed by atoms with Crippen LogP contribution in [0.2, 0.25) is 0 Å². The number of rotatable bonds is 2. The fourth-order valence-electron chi connectivity index (χ4n) is 0.886. The molecule has 0 saturated heterocycles. The summed E-state index contributed by atoms with van der Waals surface area (Å²) in [5, 5.41) is 18.7. The lowest BCUT2D eigenvalue weighted by molar-refractivity contribution is 0.145. The van der Waals surface area contributed by atoms with Gasteiger partial charge in [-0.1, -0.05) is 0 Å². The zero-order valence-electron chi connectivity index (χ0n) is 6.81. The second kappa shape index (κ2) is 3.51. The Morgan fingerprint density at radius 2 is 2.25 bits per heavy atom. The molecule has 12 heavy (non-hydrogen) atoms. The maximum absolute atomic E-state index is 9.43. The van der Waals surface area contributed by atoms with Gasteiger partial charge in [0.05, 0.1) is 0 Å². The van der Waals surface area contributed by atoms with E-state index in [0.29, 0.717) is 0 Å². The van der Waals surface area contributed by atoms with Gasteiger partial charge in [0.2, 0.25) is 0 Å². The third-order valence-corrected chi connectivity index (χ3v) is 1.59. The molecule has 0 aromatic carbocycles. The largest absolute Gasteiger partial charge is 0.506 e. The quantitative estimate of drug-likeness (QED) is 0.588. The van der Waals surface area contributed by atoms with Crippen LogP contribution in [-0.4, -0.2) is 21.2 Å². The second-order valence-corrected chi connectivity index (χ2v) is 2.71. The Morgan fingerprint density at radius 3 is 2.75 bits per heavy atom. The van der Waals surface area contributed by atoms with E-state index in [1.54, 1.807) is 13.0 Å². The van der Waals surface area contributed by atoms with Crippen LogP contribution in [0.25, 0.3) is 0 Å². The molecule has 0 amide bonds. The Labute approximate surface area is 70.7 Å². The van der Waals surface area contributed by atoms with Crippen LogP contribution in [0.3, 0.4) is 0 Å². The summed E-state index contributed by atoms with van der Waals surface area (Å²) in [6.45, 7) is 1.65. The number of nitrogens with zero attached hydrogens (tertiary/aromatic N) is 1. The van der Waals surface area contributed by atoms with Crippen molar-refractivity contribution in [2.75, 3.05) is 0 Å². The zero-order valence-corrected chi connectivity index (χ0v) is 6.81. The number of nitrogens with two attached hydrogens (primary N) is 1. The number of hydrogen-bond donors (Lipinski definition) is 3. The monoisotopic (exact) mass is 168 g/mol. The van der Waals surface area contributed by atoms with Crippen LogP contribution >= 0.6 is 0 Å². The summed E-state index contributed by atoms with van der Waals surface area (Å²) in [4.78, 5) is 3.82. The van der Waals surface area contributed by atoms with Gasteiger partial charge in [-0.2, -0.15) is 0 Å². The molecule has 0 aliphatic heterocycles. The summed E-state index contributed by atoms with van der Waals surface area (Å²) in [6.07, 6.45) is 0.590. The molecule has 0 aliphatic rings. The minimum Gasteiger partial charge on any atom is -0.506 e. The van der Waals surface area contributed by atoms with Gasteiger partial charge in [-0.3, -0.25) is 4.98 Å². The van der Waals surface area contributed by atoms with E-state index in [-0.39, 0.29) is 11.4 Å². The normalized spacial score (nSPS) is 15.6. The van der Waals surface area contributed by atoms with Gasteiger partial charge >= 0.3 is 0 Å². The SMILES string of the molecule is C[C@@H](N)[C@@H](O)c1ncccc1O. The molecule has 0 aliphatic carbocycles. The molecular formula is C8H12N2O2. The van der Waals surface area contributed by atoms with Crippen molar-refractivity contribution < 1.29 is 10.2 Å². The van der Waals surface area contributed by atoms with Gasteiger partial charge in [0, 0.05) is 12.2 Å². The molecule has 1 aromatic heterocycles.